The Morgan fingerprint density at radius 1 is 0.784 bits per heavy atom. The quantitative estimate of drug-likeness (QED) is 0.224. The Morgan fingerprint density at radius 2 is 1.41 bits per heavy atom. The molecular weight excluding hydrogens is 459 g/mol. The van der Waals surface area contributed by atoms with Gasteiger partial charge in [-0.1, -0.05) is 83.1 Å². The van der Waals surface area contributed by atoms with Crippen molar-refractivity contribution in [2.75, 3.05) is 0 Å². The lowest BCUT2D eigenvalue weighted by atomic mass is 9.77. The summed E-state index contributed by atoms with van der Waals surface area (Å²) >= 11 is 0. The number of hydrogen-bond acceptors (Lipinski definition) is 2. The zero-order valence-electron chi connectivity index (χ0n) is 23.2. The average Bonchev–Trinajstić information content (AvgIpc) is 2.93. The smallest absolute Gasteiger partial charge is 0.338 e. The van der Waals surface area contributed by atoms with Gasteiger partial charge in [-0.05, 0) is 98.4 Å². The predicted octanol–water partition coefficient (Wildman–Crippen LogP) is 10.3. The van der Waals surface area contributed by atoms with Gasteiger partial charge >= 0.3 is 5.97 Å². The Hall–Kier alpha value is -2.16. The van der Waals surface area contributed by atoms with Crippen molar-refractivity contribution in [1.82, 2.24) is 0 Å². The van der Waals surface area contributed by atoms with Gasteiger partial charge in [-0.15, -0.1) is 0 Å². The zero-order chi connectivity index (χ0) is 26.0. The standard InChI is InChI=1S/C34H47FO2/c1-3-5-7-9-26-12-21-31(22-13-26)37-34(36)29-18-16-28(17-19-29)32-23-20-30(24-33(32)35)27-14-10-25(11-15-27)8-6-4-2/h16-20,23-27,31H,3-15,21-22H2,1-2H3/t25-,26?,27-,31?. The van der Waals surface area contributed by atoms with Crippen molar-refractivity contribution in [1.29, 1.82) is 0 Å². The second kappa shape index (κ2) is 14.1. The van der Waals surface area contributed by atoms with Gasteiger partial charge in [0.05, 0.1) is 5.56 Å². The number of hydrogen-bond donors (Lipinski definition) is 0. The molecule has 2 aliphatic rings. The number of carbonyl (C=O) groups is 1. The highest BCUT2D eigenvalue weighted by Gasteiger charge is 2.25. The van der Waals surface area contributed by atoms with Crippen molar-refractivity contribution in [2.45, 2.75) is 122 Å². The lowest BCUT2D eigenvalue weighted by Gasteiger charge is -2.29. The highest BCUT2D eigenvalue weighted by molar-refractivity contribution is 5.90. The van der Waals surface area contributed by atoms with Gasteiger partial charge in [0.2, 0.25) is 0 Å². The third-order valence-electron chi connectivity index (χ3n) is 8.99. The van der Waals surface area contributed by atoms with E-state index in [1.54, 1.807) is 18.2 Å². The molecule has 0 aliphatic heterocycles. The fourth-order valence-electron chi connectivity index (χ4n) is 6.52. The van der Waals surface area contributed by atoms with E-state index in [4.69, 9.17) is 4.74 Å². The highest BCUT2D eigenvalue weighted by atomic mass is 19.1. The van der Waals surface area contributed by atoms with Crippen molar-refractivity contribution in [3.05, 3.63) is 59.4 Å². The Balaban J connectivity index is 1.28. The van der Waals surface area contributed by atoms with E-state index in [0.717, 1.165) is 48.6 Å². The molecule has 4 rings (SSSR count). The van der Waals surface area contributed by atoms with Gasteiger partial charge in [-0.25, -0.2) is 9.18 Å². The summed E-state index contributed by atoms with van der Waals surface area (Å²) in [4.78, 5) is 12.7. The second-order valence-electron chi connectivity index (χ2n) is 11.7. The normalized spacial score (nSPS) is 24.1. The van der Waals surface area contributed by atoms with Crippen LogP contribution in [0.3, 0.4) is 0 Å². The van der Waals surface area contributed by atoms with E-state index in [2.05, 4.69) is 19.9 Å². The maximum absolute atomic E-state index is 15.1. The Bertz CT molecular complexity index is 966. The molecule has 0 spiro atoms. The monoisotopic (exact) mass is 506 g/mol. The number of benzene rings is 2. The molecule has 0 radical (unpaired) electrons. The summed E-state index contributed by atoms with van der Waals surface area (Å²) in [7, 11) is 0. The van der Waals surface area contributed by atoms with E-state index in [1.807, 2.05) is 18.2 Å². The van der Waals surface area contributed by atoms with Crippen LogP contribution in [-0.4, -0.2) is 12.1 Å². The van der Waals surface area contributed by atoms with Gasteiger partial charge in [-0.2, -0.15) is 0 Å². The minimum Gasteiger partial charge on any atom is -0.459 e. The van der Waals surface area contributed by atoms with Crippen molar-refractivity contribution in [2.24, 2.45) is 11.8 Å². The van der Waals surface area contributed by atoms with Crippen LogP contribution in [-0.2, 0) is 4.74 Å². The molecule has 2 nitrogen and oxygen atoms in total. The summed E-state index contributed by atoms with van der Waals surface area (Å²) in [6.07, 6.45) is 18.3. The first-order chi connectivity index (χ1) is 18.1. The Labute approximate surface area is 224 Å². The van der Waals surface area contributed by atoms with Gasteiger partial charge in [0.1, 0.15) is 11.9 Å². The molecule has 0 saturated heterocycles. The zero-order valence-corrected chi connectivity index (χ0v) is 23.2. The summed E-state index contributed by atoms with van der Waals surface area (Å²) < 4.78 is 21.0. The van der Waals surface area contributed by atoms with Crippen LogP contribution in [0, 0.1) is 17.7 Å². The van der Waals surface area contributed by atoms with Crippen LogP contribution in [0.2, 0.25) is 0 Å². The fraction of sp³-hybridized carbons (Fsp3) is 0.618. The molecule has 0 amide bonds. The molecule has 0 aromatic heterocycles. The molecule has 2 aliphatic carbocycles. The first-order valence-electron chi connectivity index (χ1n) is 15.2. The minimum absolute atomic E-state index is 0.0290. The summed E-state index contributed by atoms with van der Waals surface area (Å²) in [6, 6.07) is 13.0. The Morgan fingerprint density at radius 3 is 2.03 bits per heavy atom. The third-order valence-corrected chi connectivity index (χ3v) is 8.99. The van der Waals surface area contributed by atoms with Crippen LogP contribution in [0.25, 0.3) is 11.1 Å². The first kappa shape index (κ1) is 27.9. The molecule has 2 aromatic rings. The summed E-state index contributed by atoms with van der Waals surface area (Å²) in [5.74, 6) is 1.70. The number of halogens is 1. The van der Waals surface area contributed by atoms with E-state index >= 15 is 4.39 Å². The number of rotatable bonds is 11. The molecule has 2 aromatic carbocycles. The molecule has 2 saturated carbocycles. The lowest BCUT2D eigenvalue weighted by Crippen LogP contribution is -2.24. The average molecular weight is 507 g/mol. The summed E-state index contributed by atoms with van der Waals surface area (Å²) in [5, 5.41) is 0. The topological polar surface area (TPSA) is 26.3 Å². The van der Waals surface area contributed by atoms with E-state index < -0.39 is 0 Å². The van der Waals surface area contributed by atoms with Crippen LogP contribution in [0.5, 0.6) is 0 Å². The molecule has 0 heterocycles. The van der Waals surface area contributed by atoms with Crippen molar-refractivity contribution in [3.8, 4) is 11.1 Å². The molecule has 0 bridgehead atoms. The molecule has 37 heavy (non-hydrogen) atoms. The Kier molecular flexibility index (Phi) is 10.6. The molecular formula is C34H47FO2. The van der Waals surface area contributed by atoms with Crippen LogP contribution >= 0.6 is 0 Å². The SMILES string of the molecule is CCCCCC1CCC(OC(=O)c2ccc(-c3ccc([C@H]4CC[C@H](CCCC)CC4)cc3F)cc2)CC1. The van der Waals surface area contributed by atoms with E-state index in [1.165, 1.54) is 70.6 Å². The highest BCUT2D eigenvalue weighted by Crippen LogP contribution is 2.39. The molecule has 202 valence electrons. The summed E-state index contributed by atoms with van der Waals surface area (Å²) in [6.45, 7) is 4.51. The predicted molar refractivity (Wildman–Crippen MR) is 151 cm³/mol. The van der Waals surface area contributed by atoms with Crippen LogP contribution in [0.4, 0.5) is 4.39 Å². The van der Waals surface area contributed by atoms with E-state index in [9.17, 15) is 4.79 Å². The third kappa shape index (κ3) is 7.91. The second-order valence-corrected chi connectivity index (χ2v) is 11.7. The minimum atomic E-state index is -0.258. The molecule has 2 fully saturated rings. The van der Waals surface area contributed by atoms with Crippen LogP contribution in [0.15, 0.2) is 42.5 Å². The summed E-state index contributed by atoms with van der Waals surface area (Å²) in [5.41, 5.74) is 3.08. The van der Waals surface area contributed by atoms with Crippen LogP contribution < -0.4 is 0 Å². The van der Waals surface area contributed by atoms with Gasteiger partial charge in [0.15, 0.2) is 0 Å². The van der Waals surface area contributed by atoms with Gasteiger partial charge < -0.3 is 4.74 Å². The largest absolute Gasteiger partial charge is 0.459 e. The van der Waals surface area contributed by atoms with Crippen molar-refractivity contribution >= 4 is 5.97 Å². The fourth-order valence-corrected chi connectivity index (χ4v) is 6.52. The number of esters is 1. The maximum atomic E-state index is 15.1. The van der Waals surface area contributed by atoms with Gasteiger partial charge in [-0.3, -0.25) is 0 Å². The first-order valence-corrected chi connectivity index (χ1v) is 15.2. The number of ether oxygens (including phenoxy) is 1. The molecule has 3 heteroatoms. The van der Waals surface area contributed by atoms with Crippen molar-refractivity contribution < 1.29 is 13.9 Å². The number of unbranched alkanes of at least 4 members (excludes halogenated alkanes) is 3. The van der Waals surface area contributed by atoms with E-state index in [-0.39, 0.29) is 17.9 Å². The van der Waals surface area contributed by atoms with Gasteiger partial charge in [0.25, 0.3) is 0 Å². The maximum Gasteiger partial charge on any atom is 0.338 e. The van der Waals surface area contributed by atoms with Gasteiger partial charge in [0, 0.05) is 5.56 Å². The molecule has 0 N–H and O–H groups in total. The van der Waals surface area contributed by atoms with E-state index in [0.29, 0.717) is 17.0 Å². The molecule has 0 atom stereocenters. The number of carbonyl (C=O) groups excluding carboxylic acids is 1. The van der Waals surface area contributed by atoms with Crippen molar-refractivity contribution in [3.63, 3.8) is 0 Å². The molecule has 0 unspecified atom stereocenters. The van der Waals surface area contributed by atoms with Crippen LogP contribution in [0.1, 0.15) is 132 Å². The lowest BCUT2D eigenvalue weighted by molar-refractivity contribution is 0.0161.